The van der Waals surface area contributed by atoms with Gasteiger partial charge in [0.1, 0.15) is 6.10 Å². The van der Waals surface area contributed by atoms with E-state index in [0.29, 0.717) is 5.82 Å². The largest absolute Gasteiger partial charge is 0.385 e. The minimum Gasteiger partial charge on any atom is -0.385 e. The first kappa shape index (κ1) is 10.5. The molecule has 4 nitrogen and oxygen atoms in total. The second-order valence-corrected chi connectivity index (χ2v) is 4.01. The van der Waals surface area contributed by atoms with E-state index in [0.717, 1.165) is 31.6 Å². The molecule has 0 aromatic carbocycles. The van der Waals surface area contributed by atoms with E-state index in [1.807, 2.05) is 6.92 Å². The monoisotopic (exact) mass is 208 g/mol. The Morgan fingerprint density at radius 1 is 1.33 bits per heavy atom. The fourth-order valence-corrected chi connectivity index (χ4v) is 1.80. The Morgan fingerprint density at radius 2 is 1.93 bits per heavy atom. The summed E-state index contributed by atoms with van der Waals surface area (Å²) in [5, 5.41) is 10.1. The van der Waals surface area contributed by atoms with E-state index in [1.54, 1.807) is 12.4 Å². The van der Waals surface area contributed by atoms with Crippen LogP contribution in [0.3, 0.4) is 0 Å². The molecule has 2 heterocycles. The highest BCUT2D eigenvalue weighted by atomic mass is 16.5. The van der Waals surface area contributed by atoms with Crippen LogP contribution >= 0.6 is 0 Å². The molecule has 0 bridgehead atoms. The van der Waals surface area contributed by atoms with E-state index in [2.05, 4.69) is 9.97 Å². The molecule has 1 aliphatic heterocycles. The van der Waals surface area contributed by atoms with Crippen molar-refractivity contribution in [1.82, 2.24) is 9.97 Å². The molecule has 1 unspecified atom stereocenters. The summed E-state index contributed by atoms with van der Waals surface area (Å²) in [5.74, 6) is 0.772. The molecule has 15 heavy (non-hydrogen) atoms. The van der Waals surface area contributed by atoms with Gasteiger partial charge in [-0.1, -0.05) is 0 Å². The summed E-state index contributed by atoms with van der Waals surface area (Å²) >= 11 is 0. The highest BCUT2D eigenvalue weighted by Crippen LogP contribution is 2.27. The lowest BCUT2D eigenvalue weighted by molar-refractivity contribution is 0.00378. The number of aromatic nitrogens is 2. The average Bonchev–Trinajstić information content (AvgIpc) is 2.30. The number of hydrogen-bond donors (Lipinski definition) is 1. The van der Waals surface area contributed by atoms with Gasteiger partial charge in [0.2, 0.25) is 0 Å². The third-order valence-corrected chi connectivity index (χ3v) is 2.78. The Morgan fingerprint density at radius 3 is 2.53 bits per heavy atom. The summed E-state index contributed by atoms with van der Waals surface area (Å²) < 4.78 is 5.25. The lowest BCUT2D eigenvalue weighted by Gasteiger charge is -2.25. The van der Waals surface area contributed by atoms with Gasteiger partial charge < -0.3 is 9.84 Å². The normalized spacial score (nSPS) is 20.1. The SMILES string of the molecule is Cc1cnc(C(O)C2CCOCC2)nc1. The minimum absolute atomic E-state index is 0.237. The number of aliphatic hydroxyl groups is 1. The molecule has 0 saturated carbocycles. The van der Waals surface area contributed by atoms with Gasteiger partial charge in [0, 0.05) is 25.6 Å². The molecule has 1 saturated heterocycles. The predicted molar refractivity (Wildman–Crippen MR) is 55.3 cm³/mol. The first-order valence-electron chi connectivity index (χ1n) is 5.32. The molecule has 4 heteroatoms. The van der Waals surface area contributed by atoms with Crippen molar-refractivity contribution in [2.45, 2.75) is 25.9 Å². The predicted octanol–water partition coefficient (Wildman–Crippen LogP) is 1.25. The zero-order chi connectivity index (χ0) is 10.7. The van der Waals surface area contributed by atoms with Crippen LogP contribution in [0.2, 0.25) is 0 Å². The molecule has 0 amide bonds. The Hall–Kier alpha value is -1.00. The molecule has 1 aliphatic rings. The summed E-state index contributed by atoms with van der Waals surface area (Å²) in [5.41, 5.74) is 1.01. The van der Waals surface area contributed by atoms with Crippen molar-refractivity contribution < 1.29 is 9.84 Å². The standard InChI is InChI=1S/C11H16N2O2/c1-8-6-12-11(13-7-8)10(14)9-2-4-15-5-3-9/h6-7,9-10,14H,2-5H2,1H3. The van der Waals surface area contributed by atoms with Crippen molar-refractivity contribution in [2.24, 2.45) is 5.92 Å². The van der Waals surface area contributed by atoms with Crippen molar-refractivity contribution in [2.75, 3.05) is 13.2 Å². The van der Waals surface area contributed by atoms with Gasteiger partial charge in [0.25, 0.3) is 0 Å². The van der Waals surface area contributed by atoms with Crippen molar-refractivity contribution in [3.63, 3.8) is 0 Å². The maximum atomic E-state index is 10.1. The zero-order valence-corrected chi connectivity index (χ0v) is 8.89. The van der Waals surface area contributed by atoms with Crippen LogP contribution < -0.4 is 0 Å². The van der Waals surface area contributed by atoms with Crippen LogP contribution in [0.4, 0.5) is 0 Å². The first-order chi connectivity index (χ1) is 7.27. The van der Waals surface area contributed by atoms with Crippen molar-refractivity contribution in [3.05, 3.63) is 23.8 Å². The van der Waals surface area contributed by atoms with E-state index in [4.69, 9.17) is 4.74 Å². The Kier molecular flexibility index (Phi) is 3.28. The fraction of sp³-hybridized carbons (Fsp3) is 0.636. The number of rotatable bonds is 2. The molecule has 0 spiro atoms. The Balaban J connectivity index is 2.05. The third kappa shape index (κ3) is 2.52. The Bertz CT molecular complexity index is 307. The van der Waals surface area contributed by atoms with E-state index >= 15 is 0 Å². The second kappa shape index (κ2) is 4.68. The lowest BCUT2D eigenvalue weighted by atomic mass is 9.93. The number of ether oxygens (including phenoxy) is 1. The van der Waals surface area contributed by atoms with Crippen LogP contribution in [0.5, 0.6) is 0 Å². The smallest absolute Gasteiger partial charge is 0.157 e. The highest BCUT2D eigenvalue weighted by Gasteiger charge is 2.25. The fourth-order valence-electron chi connectivity index (χ4n) is 1.80. The molecule has 1 N–H and O–H groups in total. The molecule has 1 atom stereocenters. The van der Waals surface area contributed by atoms with Crippen molar-refractivity contribution in [3.8, 4) is 0 Å². The maximum Gasteiger partial charge on any atom is 0.157 e. The number of aliphatic hydroxyl groups excluding tert-OH is 1. The summed E-state index contributed by atoms with van der Waals surface area (Å²) in [6.07, 6.45) is 4.71. The molecular weight excluding hydrogens is 192 g/mol. The highest BCUT2D eigenvalue weighted by molar-refractivity contribution is 5.04. The van der Waals surface area contributed by atoms with Crippen LogP contribution in [0.1, 0.15) is 30.3 Å². The second-order valence-electron chi connectivity index (χ2n) is 4.01. The number of aryl methyl sites for hydroxylation is 1. The summed E-state index contributed by atoms with van der Waals surface area (Å²) in [7, 11) is 0. The number of hydrogen-bond acceptors (Lipinski definition) is 4. The van der Waals surface area contributed by atoms with Crippen LogP contribution in [0.25, 0.3) is 0 Å². The van der Waals surface area contributed by atoms with Gasteiger partial charge in [-0.05, 0) is 31.2 Å². The number of nitrogens with zero attached hydrogens (tertiary/aromatic N) is 2. The van der Waals surface area contributed by atoms with E-state index in [1.165, 1.54) is 0 Å². The maximum absolute atomic E-state index is 10.1. The van der Waals surface area contributed by atoms with Gasteiger partial charge in [-0.25, -0.2) is 9.97 Å². The molecule has 82 valence electrons. The molecule has 1 fully saturated rings. The average molecular weight is 208 g/mol. The molecule has 1 aromatic rings. The zero-order valence-electron chi connectivity index (χ0n) is 8.89. The first-order valence-corrected chi connectivity index (χ1v) is 5.32. The van der Waals surface area contributed by atoms with Crippen molar-refractivity contribution in [1.29, 1.82) is 0 Å². The van der Waals surface area contributed by atoms with Gasteiger partial charge in [0.05, 0.1) is 0 Å². The van der Waals surface area contributed by atoms with E-state index in [9.17, 15) is 5.11 Å². The van der Waals surface area contributed by atoms with Gasteiger partial charge >= 0.3 is 0 Å². The molecule has 0 radical (unpaired) electrons. The van der Waals surface area contributed by atoms with Crippen LogP contribution in [-0.2, 0) is 4.74 Å². The minimum atomic E-state index is -0.547. The molecular formula is C11H16N2O2. The van der Waals surface area contributed by atoms with Gasteiger partial charge in [-0.2, -0.15) is 0 Å². The molecule has 1 aromatic heterocycles. The van der Waals surface area contributed by atoms with E-state index < -0.39 is 6.10 Å². The Labute approximate surface area is 89.3 Å². The van der Waals surface area contributed by atoms with E-state index in [-0.39, 0.29) is 5.92 Å². The van der Waals surface area contributed by atoms with Gasteiger partial charge in [-0.15, -0.1) is 0 Å². The lowest BCUT2D eigenvalue weighted by Crippen LogP contribution is -2.23. The topological polar surface area (TPSA) is 55.2 Å². The molecule has 0 aliphatic carbocycles. The summed E-state index contributed by atoms with van der Waals surface area (Å²) in [6, 6.07) is 0. The van der Waals surface area contributed by atoms with Crippen LogP contribution in [0.15, 0.2) is 12.4 Å². The molecule has 2 rings (SSSR count). The van der Waals surface area contributed by atoms with Crippen LogP contribution in [-0.4, -0.2) is 28.3 Å². The quantitative estimate of drug-likeness (QED) is 0.794. The van der Waals surface area contributed by atoms with Gasteiger partial charge in [0.15, 0.2) is 5.82 Å². The summed E-state index contributed by atoms with van der Waals surface area (Å²) in [4.78, 5) is 8.30. The summed E-state index contributed by atoms with van der Waals surface area (Å²) in [6.45, 7) is 3.39. The van der Waals surface area contributed by atoms with Gasteiger partial charge in [-0.3, -0.25) is 0 Å². The third-order valence-electron chi connectivity index (χ3n) is 2.78. The van der Waals surface area contributed by atoms with Crippen LogP contribution in [0, 0.1) is 12.8 Å². The van der Waals surface area contributed by atoms with Crippen molar-refractivity contribution >= 4 is 0 Å².